The highest BCUT2D eigenvalue weighted by Crippen LogP contribution is 2.23. The summed E-state index contributed by atoms with van der Waals surface area (Å²) in [6.45, 7) is 2.13. The molecule has 1 N–H and O–H groups in total. The van der Waals surface area contributed by atoms with E-state index in [4.69, 9.17) is 4.74 Å². The molecule has 0 saturated heterocycles. The first kappa shape index (κ1) is 13.4. The van der Waals surface area contributed by atoms with Gasteiger partial charge < -0.3 is 9.84 Å². The Morgan fingerprint density at radius 2 is 1.79 bits per heavy atom. The SMILES string of the molecule is CCC(=Cc1cccc(Oc2ccccc2)c1)CO. The average molecular weight is 254 g/mol. The molecule has 0 atom stereocenters. The highest BCUT2D eigenvalue weighted by Gasteiger charge is 1.98. The van der Waals surface area contributed by atoms with Crippen LogP contribution in [0.2, 0.25) is 0 Å². The van der Waals surface area contributed by atoms with Crippen LogP contribution in [0.5, 0.6) is 11.5 Å². The highest BCUT2D eigenvalue weighted by atomic mass is 16.5. The van der Waals surface area contributed by atoms with Gasteiger partial charge in [0, 0.05) is 0 Å². The molecular weight excluding hydrogens is 236 g/mol. The van der Waals surface area contributed by atoms with Crippen LogP contribution >= 0.6 is 0 Å². The highest BCUT2D eigenvalue weighted by molar-refractivity contribution is 5.55. The van der Waals surface area contributed by atoms with Gasteiger partial charge in [-0.3, -0.25) is 0 Å². The molecule has 0 amide bonds. The van der Waals surface area contributed by atoms with Gasteiger partial charge in [-0.2, -0.15) is 0 Å². The van der Waals surface area contributed by atoms with Crippen molar-refractivity contribution in [2.24, 2.45) is 0 Å². The molecule has 0 aromatic heterocycles. The smallest absolute Gasteiger partial charge is 0.128 e. The maximum atomic E-state index is 9.19. The molecule has 0 heterocycles. The van der Waals surface area contributed by atoms with Gasteiger partial charge in [-0.05, 0) is 41.8 Å². The number of hydrogen-bond acceptors (Lipinski definition) is 2. The van der Waals surface area contributed by atoms with E-state index in [1.165, 1.54) is 0 Å². The molecule has 0 aliphatic rings. The quantitative estimate of drug-likeness (QED) is 0.863. The lowest BCUT2D eigenvalue weighted by atomic mass is 10.1. The van der Waals surface area contributed by atoms with Gasteiger partial charge >= 0.3 is 0 Å². The molecule has 98 valence electrons. The maximum Gasteiger partial charge on any atom is 0.128 e. The van der Waals surface area contributed by atoms with Crippen molar-refractivity contribution in [3.05, 3.63) is 65.7 Å². The molecule has 19 heavy (non-hydrogen) atoms. The lowest BCUT2D eigenvalue weighted by molar-refractivity contribution is 0.329. The summed E-state index contributed by atoms with van der Waals surface area (Å²) in [6.07, 6.45) is 2.85. The Balaban J connectivity index is 2.18. The second-order valence-electron chi connectivity index (χ2n) is 4.30. The summed E-state index contributed by atoms with van der Waals surface area (Å²) >= 11 is 0. The van der Waals surface area contributed by atoms with Crippen LogP contribution in [0.3, 0.4) is 0 Å². The van der Waals surface area contributed by atoms with Crippen molar-refractivity contribution in [2.45, 2.75) is 13.3 Å². The first-order chi connectivity index (χ1) is 9.31. The third kappa shape index (κ3) is 3.97. The topological polar surface area (TPSA) is 29.5 Å². The van der Waals surface area contributed by atoms with Crippen LogP contribution in [0.15, 0.2) is 60.2 Å². The lowest BCUT2D eigenvalue weighted by Gasteiger charge is -2.06. The van der Waals surface area contributed by atoms with Crippen LogP contribution in [-0.4, -0.2) is 11.7 Å². The Kier molecular flexibility index (Phi) is 4.76. The van der Waals surface area contributed by atoms with E-state index in [0.717, 1.165) is 29.1 Å². The third-order valence-corrected chi connectivity index (χ3v) is 2.87. The summed E-state index contributed by atoms with van der Waals surface area (Å²) in [7, 11) is 0. The van der Waals surface area contributed by atoms with E-state index in [2.05, 4.69) is 0 Å². The molecule has 0 radical (unpaired) electrons. The van der Waals surface area contributed by atoms with E-state index in [9.17, 15) is 5.11 Å². The summed E-state index contributed by atoms with van der Waals surface area (Å²) < 4.78 is 5.78. The van der Waals surface area contributed by atoms with Gasteiger partial charge in [-0.1, -0.05) is 43.3 Å². The van der Waals surface area contributed by atoms with Crippen molar-refractivity contribution in [3.8, 4) is 11.5 Å². The molecule has 0 unspecified atom stereocenters. The van der Waals surface area contributed by atoms with Crippen molar-refractivity contribution >= 4 is 6.08 Å². The van der Waals surface area contributed by atoms with Gasteiger partial charge in [-0.25, -0.2) is 0 Å². The van der Waals surface area contributed by atoms with Crippen molar-refractivity contribution in [1.29, 1.82) is 0 Å². The van der Waals surface area contributed by atoms with Crippen LogP contribution < -0.4 is 4.74 Å². The number of hydrogen-bond donors (Lipinski definition) is 1. The fourth-order valence-electron chi connectivity index (χ4n) is 1.79. The molecule has 2 rings (SSSR count). The second-order valence-corrected chi connectivity index (χ2v) is 4.30. The van der Waals surface area contributed by atoms with E-state index in [0.29, 0.717) is 0 Å². The van der Waals surface area contributed by atoms with Crippen LogP contribution in [0.1, 0.15) is 18.9 Å². The van der Waals surface area contributed by atoms with Gasteiger partial charge in [0.15, 0.2) is 0 Å². The summed E-state index contributed by atoms with van der Waals surface area (Å²) in [5, 5.41) is 9.19. The van der Waals surface area contributed by atoms with E-state index >= 15 is 0 Å². The normalized spacial score (nSPS) is 11.4. The first-order valence-electron chi connectivity index (χ1n) is 6.45. The van der Waals surface area contributed by atoms with Crippen LogP contribution in [0.25, 0.3) is 6.08 Å². The predicted molar refractivity (Wildman–Crippen MR) is 78.3 cm³/mol. The third-order valence-electron chi connectivity index (χ3n) is 2.87. The summed E-state index contributed by atoms with van der Waals surface area (Å²) in [5.41, 5.74) is 2.05. The summed E-state index contributed by atoms with van der Waals surface area (Å²) in [4.78, 5) is 0. The fourth-order valence-corrected chi connectivity index (χ4v) is 1.79. The molecular formula is C17H18O2. The van der Waals surface area contributed by atoms with E-state index in [1.807, 2.05) is 67.6 Å². The number of aliphatic hydroxyl groups is 1. The molecule has 0 fully saturated rings. The minimum Gasteiger partial charge on any atom is -0.457 e. The molecule has 0 aliphatic heterocycles. The summed E-state index contributed by atoms with van der Waals surface area (Å²) in [6, 6.07) is 17.5. The maximum absolute atomic E-state index is 9.19. The van der Waals surface area contributed by atoms with Crippen LogP contribution in [0.4, 0.5) is 0 Å². The number of rotatable bonds is 5. The Hall–Kier alpha value is -2.06. The van der Waals surface area contributed by atoms with Gasteiger partial charge in [0.2, 0.25) is 0 Å². The second kappa shape index (κ2) is 6.76. The van der Waals surface area contributed by atoms with Crippen molar-refractivity contribution in [3.63, 3.8) is 0 Å². The molecule has 0 saturated carbocycles. The number of benzene rings is 2. The lowest BCUT2D eigenvalue weighted by Crippen LogP contribution is -1.89. The van der Waals surface area contributed by atoms with Gasteiger partial charge in [-0.15, -0.1) is 0 Å². The van der Waals surface area contributed by atoms with Crippen LogP contribution in [-0.2, 0) is 0 Å². The molecule has 0 aliphatic carbocycles. The van der Waals surface area contributed by atoms with Crippen LogP contribution in [0, 0.1) is 0 Å². The number of aliphatic hydroxyl groups excluding tert-OH is 1. The molecule has 0 spiro atoms. The Bertz CT molecular complexity index is 538. The van der Waals surface area contributed by atoms with E-state index in [1.54, 1.807) is 0 Å². The zero-order valence-electron chi connectivity index (χ0n) is 11.0. The van der Waals surface area contributed by atoms with Gasteiger partial charge in [0.25, 0.3) is 0 Å². The molecule has 2 nitrogen and oxygen atoms in total. The zero-order chi connectivity index (χ0) is 13.5. The minimum absolute atomic E-state index is 0.0975. The molecule has 2 aromatic rings. The van der Waals surface area contributed by atoms with E-state index in [-0.39, 0.29) is 6.61 Å². The molecule has 2 heteroatoms. The van der Waals surface area contributed by atoms with Crippen molar-refractivity contribution < 1.29 is 9.84 Å². The summed E-state index contributed by atoms with van der Waals surface area (Å²) in [5.74, 6) is 1.62. The van der Waals surface area contributed by atoms with Gasteiger partial charge in [0.05, 0.1) is 6.61 Å². The Morgan fingerprint density at radius 1 is 1.05 bits per heavy atom. The van der Waals surface area contributed by atoms with E-state index < -0.39 is 0 Å². The fraction of sp³-hybridized carbons (Fsp3) is 0.176. The first-order valence-corrected chi connectivity index (χ1v) is 6.45. The number of para-hydroxylation sites is 1. The largest absolute Gasteiger partial charge is 0.457 e. The minimum atomic E-state index is 0.0975. The molecule has 2 aromatic carbocycles. The zero-order valence-corrected chi connectivity index (χ0v) is 11.0. The predicted octanol–water partition coefficient (Wildman–Crippen LogP) is 4.26. The molecule has 0 bridgehead atoms. The standard InChI is InChI=1S/C17H18O2/c1-2-14(13-18)11-15-7-6-10-17(12-15)19-16-8-4-3-5-9-16/h3-12,18H,2,13H2,1H3. The average Bonchev–Trinajstić information content (AvgIpc) is 2.46. The Morgan fingerprint density at radius 3 is 2.47 bits per heavy atom. The Labute approximate surface area is 114 Å². The van der Waals surface area contributed by atoms with Crippen molar-refractivity contribution in [2.75, 3.05) is 6.61 Å². The van der Waals surface area contributed by atoms with Crippen molar-refractivity contribution in [1.82, 2.24) is 0 Å². The monoisotopic (exact) mass is 254 g/mol. The number of ether oxygens (including phenoxy) is 1. The van der Waals surface area contributed by atoms with Gasteiger partial charge in [0.1, 0.15) is 11.5 Å².